The van der Waals surface area contributed by atoms with Crippen molar-refractivity contribution in [3.8, 4) is 0 Å². The number of hydrogen-bond donors (Lipinski definition) is 0. The van der Waals surface area contributed by atoms with Gasteiger partial charge >= 0.3 is 11.6 Å². The van der Waals surface area contributed by atoms with Crippen LogP contribution in [0.1, 0.15) is 13.3 Å². The lowest BCUT2D eigenvalue weighted by Crippen LogP contribution is -2.06. The minimum Gasteiger partial charge on any atom is -0.462 e. The van der Waals surface area contributed by atoms with Crippen molar-refractivity contribution in [3.05, 3.63) is 52.9 Å². The van der Waals surface area contributed by atoms with Crippen LogP contribution in [-0.4, -0.2) is 18.3 Å². The van der Waals surface area contributed by atoms with Gasteiger partial charge in [0.05, 0.1) is 6.61 Å². The summed E-state index contributed by atoms with van der Waals surface area (Å²) in [5, 5.41) is 0.918. The summed E-state index contributed by atoms with van der Waals surface area (Å²) in [5.74, 6) is 0.377. The molecule has 0 N–H and O–H groups in total. The average molecular weight is 304 g/mol. The fraction of sp³-hybridized carbons (Fsp3) is 0.250. The molecular formula is C16H16O4S. The van der Waals surface area contributed by atoms with E-state index in [0.717, 1.165) is 16.0 Å². The smallest absolute Gasteiger partial charge is 0.337 e. The Labute approximate surface area is 126 Å². The molecule has 21 heavy (non-hydrogen) atoms. The van der Waals surface area contributed by atoms with Crippen LogP contribution in [0.25, 0.3) is 11.0 Å². The lowest BCUT2D eigenvalue weighted by atomic mass is 10.2. The maximum absolute atomic E-state index is 11.5. The second-order valence-electron chi connectivity index (χ2n) is 4.54. The van der Waals surface area contributed by atoms with E-state index in [9.17, 15) is 9.59 Å². The summed E-state index contributed by atoms with van der Waals surface area (Å²) in [7, 11) is 0. The molecule has 2 rings (SSSR count). The predicted molar refractivity (Wildman–Crippen MR) is 83.6 cm³/mol. The van der Waals surface area contributed by atoms with Crippen molar-refractivity contribution in [1.29, 1.82) is 0 Å². The summed E-state index contributed by atoms with van der Waals surface area (Å²) in [5.41, 5.74) is 0.625. The Morgan fingerprint density at radius 2 is 2.14 bits per heavy atom. The molecule has 0 unspecified atom stereocenters. The monoisotopic (exact) mass is 304 g/mol. The van der Waals surface area contributed by atoms with Gasteiger partial charge in [-0.3, -0.25) is 0 Å². The van der Waals surface area contributed by atoms with Gasteiger partial charge in [0, 0.05) is 27.7 Å². The van der Waals surface area contributed by atoms with E-state index in [2.05, 4.69) is 6.58 Å². The molecule has 0 atom stereocenters. The molecule has 1 aromatic heterocycles. The molecule has 4 nitrogen and oxygen atoms in total. The fourth-order valence-corrected chi connectivity index (χ4v) is 2.72. The second-order valence-corrected chi connectivity index (χ2v) is 5.68. The fourth-order valence-electron chi connectivity index (χ4n) is 1.73. The summed E-state index contributed by atoms with van der Waals surface area (Å²) in [6.07, 6.45) is 0.707. The third-order valence-corrected chi connectivity index (χ3v) is 3.88. The van der Waals surface area contributed by atoms with E-state index in [1.54, 1.807) is 24.8 Å². The highest BCUT2D eigenvalue weighted by atomic mass is 32.2. The van der Waals surface area contributed by atoms with Crippen molar-refractivity contribution in [2.45, 2.75) is 18.2 Å². The number of rotatable bonds is 6. The topological polar surface area (TPSA) is 56.5 Å². The van der Waals surface area contributed by atoms with E-state index >= 15 is 0 Å². The quantitative estimate of drug-likeness (QED) is 0.269. The average Bonchev–Trinajstić information content (AvgIpc) is 2.46. The van der Waals surface area contributed by atoms with Crippen molar-refractivity contribution in [2.24, 2.45) is 0 Å². The van der Waals surface area contributed by atoms with E-state index in [-0.39, 0.29) is 11.6 Å². The van der Waals surface area contributed by atoms with Gasteiger partial charge in [0.15, 0.2) is 0 Å². The number of hydrogen-bond acceptors (Lipinski definition) is 5. The van der Waals surface area contributed by atoms with Crippen molar-refractivity contribution in [3.63, 3.8) is 0 Å². The minimum absolute atomic E-state index is 0.345. The van der Waals surface area contributed by atoms with Crippen LogP contribution < -0.4 is 5.63 Å². The van der Waals surface area contributed by atoms with E-state index < -0.39 is 0 Å². The van der Waals surface area contributed by atoms with Crippen LogP contribution in [0.4, 0.5) is 0 Å². The zero-order valence-corrected chi connectivity index (χ0v) is 12.6. The maximum Gasteiger partial charge on any atom is 0.337 e. The number of benzene rings is 1. The van der Waals surface area contributed by atoms with E-state index in [1.807, 2.05) is 18.2 Å². The van der Waals surface area contributed by atoms with Crippen molar-refractivity contribution in [2.75, 3.05) is 12.4 Å². The lowest BCUT2D eigenvalue weighted by Gasteiger charge is -2.06. The number of carbonyl (C=O) groups is 1. The first-order valence-corrected chi connectivity index (χ1v) is 7.55. The van der Waals surface area contributed by atoms with Crippen LogP contribution in [-0.2, 0) is 9.53 Å². The first-order chi connectivity index (χ1) is 10.1. The molecule has 0 bridgehead atoms. The molecule has 1 aromatic carbocycles. The summed E-state index contributed by atoms with van der Waals surface area (Å²) in [4.78, 5) is 23.6. The van der Waals surface area contributed by atoms with Crippen molar-refractivity contribution < 1.29 is 13.9 Å². The summed E-state index contributed by atoms with van der Waals surface area (Å²) in [6.45, 7) is 5.48. The van der Waals surface area contributed by atoms with Gasteiger partial charge in [0.1, 0.15) is 5.58 Å². The van der Waals surface area contributed by atoms with Crippen molar-refractivity contribution in [1.82, 2.24) is 0 Å². The van der Waals surface area contributed by atoms with Gasteiger partial charge in [-0.15, -0.1) is 11.8 Å². The van der Waals surface area contributed by atoms with E-state index in [4.69, 9.17) is 9.15 Å². The zero-order chi connectivity index (χ0) is 15.2. The van der Waals surface area contributed by atoms with Gasteiger partial charge in [-0.25, -0.2) is 9.59 Å². The molecule has 0 saturated carbocycles. The first-order valence-electron chi connectivity index (χ1n) is 6.56. The third-order valence-electron chi connectivity index (χ3n) is 2.74. The van der Waals surface area contributed by atoms with Gasteiger partial charge in [0.25, 0.3) is 0 Å². The molecule has 110 valence electrons. The number of para-hydroxylation sites is 1. The third kappa shape index (κ3) is 4.23. The Balaban J connectivity index is 1.93. The molecule has 0 aliphatic carbocycles. The molecular weight excluding hydrogens is 288 g/mol. The molecule has 5 heteroatoms. The van der Waals surface area contributed by atoms with Gasteiger partial charge in [-0.2, -0.15) is 0 Å². The zero-order valence-electron chi connectivity index (χ0n) is 11.8. The SMILES string of the molecule is C=C(C)C(=O)OCCCSc1cc(=O)oc2ccccc12. The Bertz CT molecular complexity index is 718. The lowest BCUT2D eigenvalue weighted by molar-refractivity contribution is -0.138. The molecule has 2 aromatic rings. The van der Waals surface area contributed by atoms with Crippen LogP contribution >= 0.6 is 11.8 Å². The minimum atomic E-state index is -0.370. The number of ether oxygens (including phenoxy) is 1. The van der Waals surface area contributed by atoms with Crippen LogP contribution in [0.5, 0.6) is 0 Å². The number of thioether (sulfide) groups is 1. The summed E-state index contributed by atoms with van der Waals surface area (Å²) < 4.78 is 10.2. The van der Waals surface area contributed by atoms with Gasteiger partial charge < -0.3 is 9.15 Å². The molecule has 0 radical (unpaired) electrons. The molecule has 0 spiro atoms. The molecule has 1 heterocycles. The van der Waals surface area contributed by atoms with E-state index in [1.165, 1.54) is 6.07 Å². The highest BCUT2D eigenvalue weighted by Crippen LogP contribution is 2.26. The van der Waals surface area contributed by atoms with Crippen LogP contribution in [0.15, 0.2) is 56.6 Å². The Kier molecular flexibility index (Phi) is 5.22. The largest absolute Gasteiger partial charge is 0.462 e. The second kappa shape index (κ2) is 7.13. The van der Waals surface area contributed by atoms with E-state index in [0.29, 0.717) is 24.2 Å². The van der Waals surface area contributed by atoms with Gasteiger partial charge in [-0.1, -0.05) is 24.8 Å². The van der Waals surface area contributed by atoms with Crippen LogP contribution in [0, 0.1) is 0 Å². The van der Waals surface area contributed by atoms with Crippen LogP contribution in [0.2, 0.25) is 0 Å². The molecule has 0 aliphatic rings. The van der Waals surface area contributed by atoms with Gasteiger partial charge in [-0.05, 0) is 19.4 Å². The van der Waals surface area contributed by atoms with Gasteiger partial charge in [0.2, 0.25) is 0 Å². The molecule has 0 fully saturated rings. The molecule has 0 amide bonds. The van der Waals surface area contributed by atoms with Crippen molar-refractivity contribution >= 4 is 28.7 Å². The highest BCUT2D eigenvalue weighted by molar-refractivity contribution is 7.99. The highest BCUT2D eigenvalue weighted by Gasteiger charge is 2.06. The first kappa shape index (κ1) is 15.4. The summed E-state index contributed by atoms with van der Waals surface area (Å²) in [6, 6.07) is 8.92. The molecule has 0 aliphatic heterocycles. The number of esters is 1. The normalized spacial score (nSPS) is 10.5. The molecule has 0 saturated heterocycles. The number of carbonyl (C=O) groups excluding carboxylic acids is 1. The summed E-state index contributed by atoms with van der Waals surface area (Å²) >= 11 is 1.55. The maximum atomic E-state index is 11.5. The standard InChI is InChI=1S/C16H16O4S/c1-11(2)16(18)19-8-5-9-21-14-10-15(17)20-13-7-4-3-6-12(13)14/h3-4,6-7,10H,1,5,8-9H2,2H3. The Hall–Kier alpha value is -2.01. The predicted octanol–water partition coefficient (Wildman–Crippen LogP) is 3.39. The Morgan fingerprint density at radius 3 is 2.90 bits per heavy atom. The Morgan fingerprint density at radius 1 is 1.38 bits per heavy atom. The van der Waals surface area contributed by atoms with Crippen LogP contribution in [0.3, 0.4) is 0 Å². The number of fused-ring (bicyclic) bond motifs is 1.